The Morgan fingerprint density at radius 3 is 1.28 bits per heavy atom. The minimum Gasteiger partial charge on any atom is -0.0843 e. The first kappa shape index (κ1) is 18.5. The van der Waals surface area contributed by atoms with Gasteiger partial charge in [-0.3, -0.25) is 0 Å². The van der Waals surface area contributed by atoms with Crippen LogP contribution < -0.4 is 0 Å². The third-order valence-corrected chi connectivity index (χ3v) is 6.51. The van der Waals surface area contributed by atoms with Crippen molar-refractivity contribution in [2.45, 2.75) is 19.3 Å². The zero-order chi connectivity index (χ0) is 20.2. The van der Waals surface area contributed by atoms with Crippen molar-refractivity contribution in [3.05, 3.63) is 128 Å². The van der Waals surface area contributed by atoms with Crippen molar-refractivity contribution >= 4 is 23.2 Å². The first-order valence-corrected chi connectivity index (χ1v) is 10.5. The number of halogens is 2. The van der Waals surface area contributed by atoms with Gasteiger partial charge in [-0.25, -0.2) is 0 Å². The second kappa shape index (κ2) is 6.76. The Balaban J connectivity index is 1.95. The van der Waals surface area contributed by atoms with E-state index in [4.69, 9.17) is 23.2 Å². The molecule has 2 heteroatoms. The molecule has 0 heterocycles. The van der Waals surface area contributed by atoms with E-state index in [1.54, 1.807) is 0 Å². The van der Waals surface area contributed by atoms with Crippen LogP contribution in [0.2, 0.25) is 10.0 Å². The van der Waals surface area contributed by atoms with Gasteiger partial charge in [-0.1, -0.05) is 95.0 Å². The van der Waals surface area contributed by atoms with E-state index in [-0.39, 0.29) is 0 Å². The molecule has 0 amide bonds. The molecule has 4 aromatic rings. The normalized spacial score (nSPS) is 13.8. The molecule has 0 aliphatic heterocycles. The van der Waals surface area contributed by atoms with Crippen LogP contribution in [0.1, 0.15) is 33.4 Å². The predicted molar refractivity (Wildman–Crippen MR) is 123 cm³/mol. The SMILES string of the molecule is Cc1ccc2c(c1)-c1cc(C)ccc1C2(c1ccc(Cl)cc1)c1ccc(Cl)cc1. The van der Waals surface area contributed by atoms with Crippen molar-refractivity contribution in [3.63, 3.8) is 0 Å². The molecule has 0 nitrogen and oxygen atoms in total. The van der Waals surface area contributed by atoms with Crippen molar-refractivity contribution in [2.75, 3.05) is 0 Å². The van der Waals surface area contributed by atoms with Crippen molar-refractivity contribution in [3.8, 4) is 11.1 Å². The summed E-state index contributed by atoms with van der Waals surface area (Å²) in [6.07, 6.45) is 0. The average molecular weight is 415 g/mol. The van der Waals surface area contributed by atoms with Crippen LogP contribution in [-0.4, -0.2) is 0 Å². The van der Waals surface area contributed by atoms with Gasteiger partial charge < -0.3 is 0 Å². The van der Waals surface area contributed by atoms with Gasteiger partial charge in [0.05, 0.1) is 5.41 Å². The number of fused-ring (bicyclic) bond motifs is 3. The van der Waals surface area contributed by atoms with E-state index in [1.165, 1.54) is 44.5 Å². The molecular weight excluding hydrogens is 395 g/mol. The fourth-order valence-corrected chi connectivity index (χ4v) is 5.00. The molecule has 1 aliphatic rings. The van der Waals surface area contributed by atoms with Crippen molar-refractivity contribution in [1.29, 1.82) is 0 Å². The summed E-state index contributed by atoms with van der Waals surface area (Å²) in [4.78, 5) is 0. The monoisotopic (exact) mass is 414 g/mol. The van der Waals surface area contributed by atoms with Gasteiger partial charge in [0.1, 0.15) is 0 Å². The lowest BCUT2D eigenvalue weighted by molar-refractivity contribution is 0.768. The van der Waals surface area contributed by atoms with Gasteiger partial charge in [0.15, 0.2) is 0 Å². The highest BCUT2D eigenvalue weighted by molar-refractivity contribution is 6.30. The lowest BCUT2D eigenvalue weighted by Crippen LogP contribution is -2.28. The predicted octanol–water partition coefficient (Wildman–Crippen LogP) is 7.97. The summed E-state index contributed by atoms with van der Waals surface area (Å²) in [5, 5.41) is 1.48. The van der Waals surface area contributed by atoms with Gasteiger partial charge >= 0.3 is 0 Å². The van der Waals surface area contributed by atoms with E-state index in [1.807, 2.05) is 24.3 Å². The van der Waals surface area contributed by atoms with Crippen LogP contribution in [0, 0.1) is 13.8 Å². The molecule has 0 fully saturated rings. The van der Waals surface area contributed by atoms with Gasteiger partial charge in [0, 0.05) is 10.0 Å². The standard InChI is InChI=1S/C27H20Cl2/c1-17-3-13-25-23(15-17)24-16-18(2)4-14-26(24)27(25,19-5-9-21(28)10-6-19)20-7-11-22(29)12-8-20/h3-16H,1-2H3. The number of hydrogen-bond acceptors (Lipinski definition) is 0. The van der Waals surface area contributed by atoms with Gasteiger partial charge in [-0.2, -0.15) is 0 Å². The maximum absolute atomic E-state index is 6.26. The highest BCUT2D eigenvalue weighted by atomic mass is 35.5. The van der Waals surface area contributed by atoms with Crippen LogP contribution in [0.5, 0.6) is 0 Å². The molecule has 29 heavy (non-hydrogen) atoms. The summed E-state index contributed by atoms with van der Waals surface area (Å²) in [5.41, 5.74) is 9.73. The summed E-state index contributed by atoms with van der Waals surface area (Å²) in [7, 11) is 0. The van der Waals surface area contributed by atoms with E-state index in [2.05, 4.69) is 74.5 Å². The van der Waals surface area contributed by atoms with Crippen molar-refractivity contribution < 1.29 is 0 Å². The summed E-state index contributed by atoms with van der Waals surface area (Å²) in [6, 6.07) is 30.1. The van der Waals surface area contributed by atoms with Gasteiger partial charge in [-0.15, -0.1) is 0 Å². The lowest BCUT2D eigenvalue weighted by Gasteiger charge is -2.34. The van der Waals surface area contributed by atoms with E-state index >= 15 is 0 Å². The average Bonchev–Trinajstić information content (AvgIpc) is 2.99. The quantitative estimate of drug-likeness (QED) is 0.274. The van der Waals surface area contributed by atoms with Crippen LogP contribution in [0.4, 0.5) is 0 Å². The number of rotatable bonds is 2. The molecule has 0 bridgehead atoms. The minimum absolute atomic E-state index is 0.402. The third-order valence-electron chi connectivity index (χ3n) is 6.00. The van der Waals surface area contributed by atoms with E-state index in [0.717, 1.165) is 10.0 Å². The van der Waals surface area contributed by atoms with Gasteiger partial charge in [-0.05, 0) is 71.5 Å². The zero-order valence-corrected chi connectivity index (χ0v) is 17.9. The first-order chi connectivity index (χ1) is 14.0. The highest BCUT2D eigenvalue weighted by Crippen LogP contribution is 2.56. The molecule has 4 aromatic carbocycles. The van der Waals surface area contributed by atoms with Crippen molar-refractivity contribution in [2.24, 2.45) is 0 Å². The Hall–Kier alpha value is -2.54. The van der Waals surface area contributed by atoms with Crippen LogP contribution >= 0.6 is 23.2 Å². The van der Waals surface area contributed by atoms with Gasteiger partial charge in [0.2, 0.25) is 0 Å². The number of benzene rings is 4. The summed E-state index contributed by atoms with van der Waals surface area (Å²) < 4.78 is 0. The van der Waals surface area contributed by atoms with Crippen LogP contribution in [-0.2, 0) is 5.41 Å². The summed E-state index contributed by atoms with van der Waals surface area (Å²) in [6.45, 7) is 4.31. The second-order valence-corrected chi connectivity index (χ2v) is 8.73. The topological polar surface area (TPSA) is 0 Å². The fourth-order valence-electron chi connectivity index (χ4n) is 4.75. The van der Waals surface area contributed by atoms with Crippen LogP contribution in [0.15, 0.2) is 84.9 Å². The molecule has 0 atom stereocenters. The maximum Gasteiger partial charge on any atom is 0.0713 e. The smallest absolute Gasteiger partial charge is 0.0713 e. The van der Waals surface area contributed by atoms with Crippen LogP contribution in [0.3, 0.4) is 0 Å². The first-order valence-electron chi connectivity index (χ1n) is 9.75. The number of hydrogen-bond donors (Lipinski definition) is 0. The fraction of sp³-hybridized carbons (Fsp3) is 0.111. The largest absolute Gasteiger partial charge is 0.0843 e. The van der Waals surface area contributed by atoms with Crippen molar-refractivity contribution in [1.82, 2.24) is 0 Å². The molecule has 142 valence electrons. The molecule has 0 saturated heterocycles. The van der Waals surface area contributed by atoms with Gasteiger partial charge in [0.25, 0.3) is 0 Å². The molecule has 0 spiro atoms. The Morgan fingerprint density at radius 1 is 0.517 bits per heavy atom. The maximum atomic E-state index is 6.26. The van der Waals surface area contributed by atoms with E-state index < -0.39 is 5.41 Å². The number of aryl methyl sites for hydroxylation is 2. The Bertz CT molecular complexity index is 1120. The minimum atomic E-state index is -0.402. The highest BCUT2D eigenvalue weighted by Gasteiger charge is 2.46. The molecule has 1 aliphatic carbocycles. The summed E-state index contributed by atoms with van der Waals surface area (Å²) in [5.74, 6) is 0. The van der Waals surface area contributed by atoms with E-state index in [9.17, 15) is 0 Å². The Labute approximate surface area is 181 Å². The van der Waals surface area contributed by atoms with Crippen LogP contribution in [0.25, 0.3) is 11.1 Å². The molecule has 0 N–H and O–H groups in total. The molecular formula is C27H20Cl2. The molecule has 5 rings (SSSR count). The zero-order valence-electron chi connectivity index (χ0n) is 16.3. The second-order valence-electron chi connectivity index (χ2n) is 7.86. The van der Waals surface area contributed by atoms with E-state index in [0.29, 0.717) is 0 Å². The Kier molecular flexibility index (Phi) is 4.31. The molecule has 0 radical (unpaired) electrons. The molecule has 0 aromatic heterocycles. The Morgan fingerprint density at radius 2 is 0.897 bits per heavy atom. The lowest BCUT2D eigenvalue weighted by atomic mass is 9.67. The molecule has 0 saturated carbocycles. The third kappa shape index (κ3) is 2.74. The molecule has 0 unspecified atom stereocenters. The summed E-state index contributed by atoms with van der Waals surface area (Å²) >= 11 is 12.5.